The fourth-order valence-electron chi connectivity index (χ4n) is 1.43. The summed E-state index contributed by atoms with van der Waals surface area (Å²) < 4.78 is 49.9. The first kappa shape index (κ1) is 20.1. The van der Waals surface area contributed by atoms with Gasteiger partial charge in [0.15, 0.2) is 0 Å². The molecule has 9 heteroatoms. The van der Waals surface area contributed by atoms with Crippen LogP contribution in [-0.2, 0) is 14.8 Å². The smallest absolute Gasteiger partial charge is 0.244 e. The van der Waals surface area contributed by atoms with Crippen molar-refractivity contribution in [1.82, 2.24) is 4.72 Å². The second-order valence-corrected chi connectivity index (χ2v) is 5.71. The zero-order valence-corrected chi connectivity index (χ0v) is 13.3. The van der Waals surface area contributed by atoms with Crippen molar-refractivity contribution in [2.75, 3.05) is 33.4 Å². The van der Waals surface area contributed by atoms with Crippen molar-refractivity contribution in [3.05, 3.63) is 24.0 Å². The summed E-state index contributed by atoms with van der Waals surface area (Å²) in [4.78, 5) is -0.231. The fourth-order valence-corrected chi connectivity index (χ4v) is 2.66. The molecule has 0 amide bonds. The molecular weight excluding hydrogens is 323 g/mol. The Hall–Kier alpha value is -0.930. The lowest BCUT2D eigenvalue weighted by Crippen LogP contribution is -2.27. The van der Waals surface area contributed by atoms with Crippen molar-refractivity contribution in [3.8, 4) is 5.75 Å². The van der Waals surface area contributed by atoms with E-state index in [1.54, 1.807) is 0 Å². The van der Waals surface area contributed by atoms with Gasteiger partial charge in [-0.3, -0.25) is 0 Å². The number of hydrogen-bond acceptors (Lipinski definition) is 5. The van der Waals surface area contributed by atoms with Crippen LogP contribution in [-0.4, -0.2) is 41.8 Å². The quantitative estimate of drug-likeness (QED) is 0.651. The number of nitrogens with two attached hydrogens (primary N) is 1. The molecule has 0 saturated carbocycles. The Balaban J connectivity index is 0.00000400. The topological polar surface area (TPSA) is 90.6 Å². The van der Waals surface area contributed by atoms with Gasteiger partial charge in [-0.1, -0.05) is 0 Å². The van der Waals surface area contributed by atoms with Gasteiger partial charge in [-0.05, 0) is 31.2 Å². The van der Waals surface area contributed by atoms with E-state index in [2.05, 4.69) is 4.72 Å². The summed E-state index contributed by atoms with van der Waals surface area (Å²) in [6.45, 7) is 1.03. The minimum atomic E-state index is -3.83. The van der Waals surface area contributed by atoms with Crippen molar-refractivity contribution < 1.29 is 22.3 Å². The number of methoxy groups -OCH3 is 1. The van der Waals surface area contributed by atoms with Crippen LogP contribution in [0.15, 0.2) is 23.1 Å². The highest BCUT2D eigenvalue weighted by atomic mass is 35.5. The number of benzene rings is 1. The maximum Gasteiger partial charge on any atom is 0.244 e. The van der Waals surface area contributed by atoms with Crippen molar-refractivity contribution in [2.45, 2.75) is 11.3 Å². The van der Waals surface area contributed by atoms with Gasteiger partial charge in [0.1, 0.15) is 23.1 Å². The Labute approximate surface area is 130 Å². The highest BCUT2D eigenvalue weighted by molar-refractivity contribution is 7.89. The number of nitrogens with one attached hydrogen (secondary N) is 1. The molecule has 1 aromatic rings. The van der Waals surface area contributed by atoms with Gasteiger partial charge in [-0.2, -0.15) is 0 Å². The Kier molecular flexibility index (Phi) is 9.47. The molecule has 0 spiro atoms. The fraction of sp³-hybridized carbons (Fsp3) is 0.500. The number of rotatable bonds is 9. The molecule has 122 valence electrons. The van der Waals surface area contributed by atoms with Crippen molar-refractivity contribution in [3.63, 3.8) is 0 Å². The molecule has 1 rings (SSSR count). The van der Waals surface area contributed by atoms with Crippen molar-refractivity contribution in [2.24, 2.45) is 5.73 Å². The van der Waals surface area contributed by atoms with E-state index in [0.717, 1.165) is 12.1 Å². The largest absolute Gasteiger partial charge is 0.490 e. The SMILES string of the molecule is COCCOc1ccc(F)cc1S(=O)(=O)NCCCN.Cl. The molecule has 0 saturated heterocycles. The van der Waals surface area contributed by atoms with E-state index in [1.807, 2.05) is 0 Å². The lowest BCUT2D eigenvalue weighted by molar-refractivity contribution is 0.144. The molecule has 1 aromatic carbocycles. The predicted octanol–water partition coefficient (Wildman–Crippen LogP) is 0.900. The Morgan fingerprint density at radius 1 is 1.33 bits per heavy atom. The van der Waals surface area contributed by atoms with Crippen LogP contribution in [0.3, 0.4) is 0 Å². The average molecular weight is 343 g/mol. The summed E-state index contributed by atoms with van der Waals surface area (Å²) in [6, 6.07) is 3.34. The van der Waals surface area contributed by atoms with Gasteiger partial charge in [0.25, 0.3) is 0 Å². The number of hydrogen-bond donors (Lipinski definition) is 2. The van der Waals surface area contributed by atoms with Gasteiger partial charge in [0.05, 0.1) is 6.61 Å². The zero-order valence-electron chi connectivity index (χ0n) is 11.7. The predicted molar refractivity (Wildman–Crippen MR) is 79.9 cm³/mol. The maximum absolute atomic E-state index is 13.3. The first-order chi connectivity index (χ1) is 9.51. The molecule has 6 nitrogen and oxygen atoms in total. The number of sulfonamides is 1. The first-order valence-electron chi connectivity index (χ1n) is 6.12. The van der Waals surface area contributed by atoms with Gasteiger partial charge in [-0.25, -0.2) is 17.5 Å². The standard InChI is InChI=1S/C12H19FN2O4S.ClH/c1-18-7-8-19-11-4-3-10(13)9-12(11)20(16,17)15-6-2-5-14;/h3-4,9,15H,2,5-8,14H2,1H3;1H. The second kappa shape index (κ2) is 9.91. The summed E-state index contributed by atoms with van der Waals surface area (Å²) in [5, 5.41) is 0. The molecule has 3 N–H and O–H groups in total. The molecule has 0 fully saturated rings. The van der Waals surface area contributed by atoms with Crippen LogP contribution < -0.4 is 15.2 Å². The summed E-state index contributed by atoms with van der Waals surface area (Å²) in [5.74, 6) is -0.563. The highest BCUT2D eigenvalue weighted by Crippen LogP contribution is 2.24. The first-order valence-corrected chi connectivity index (χ1v) is 7.60. The van der Waals surface area contributed by atoms with E-state index in [1.165, 1.54) is 13.2 Å². The van der Waals surface area contributed by atoms with Crippen molar-refractivity contribution >= 4 is 22.4 Å². The monoisotopic (exact) mass is 342 g/mol. The summed E-state index contributed by atoms with van der Waals surface area (Å²) in [6.07, 6.45) is 0.494. The third-order valence-corrected chi connectivity index (χ3v) is 3.90. The van der Waals surface area contributed by atoms with Crippen LogP contribution in [0.1, 0.15) is 6.42 Å². The lowest BCUT2D eigenvalue weighted by atomic mass is 10.3. The molecule has 0 heterocycles. The Bertz CT molecular complexity index is 528. The molecule has 21 heavy (non-hydrogen) atoms. The van der Waals surface area contributed by atoms with E-state index in [9.17, 15) is 12.8 Å². The van der Waals surface area contributed by atoms with Gasteiger partial charge in [0.2, 0.25) is 10.0 Å². The molecule has 0 bridgehead atoms. The van der Waals surface area contributed by atoms with Gasteiger partial charge >= 0.3 is 0 Å². The van der Waals surface area contributed by atoms with E-state index in [-0.39, 0.29) is 36.2 Å². The van der Waals surface area contributed by atoms with E-state index in [4.69, 9.17) is 15.2 Å². The molecule has 0 aliphatic heterocycles. The maximum atomic E-state index is 13.3. The van der Waals surface area contributed by atoms with E-state index >= 15 is 0 Å². The third kappa shape index (κ3) is 6.58. The van der Waals surface area contributed by atoms with E-state index < -0.39 is 15.8 Å². The van der Waals surface area contributed by atoms with E-state index in [0.29, 0.717) is 19.6 Å². The Morgan fingerprint density at radius 2 is 2.05 bits per heavy atom. The number of halogens is 2. The molecule has 0 aliphatic carbocycles. The summed E-state index contributed by atoms with van der Waals surface area (Å²) in [5.41, 5.74) is 5.30. The highest BCUT2D eigenvalue weighted by Gasteiger charge is 2.20. The van der Waals surface area contributed by atoms with Gasteiger partial charge in [0, 0.05) is 13.7 Å². The van der Waals surface area contributed by atoms with Crippen LogP contribution >= 0.6 is 12.4 Å². The lowest BCUT2D eigenvalue weighted by Gasteiger charge is -2.12. The average Bonchev–Trinajstić information content (AvgIpc) is 2.41. The molecule has 0 radical (unpaired) electrons. The normalized spacial score (nSPS) is 11.0. The molecule has 0 aliphatic rings. The Morgan fingerprint density at radius 3 is 2.67 bits per heavy atom. The molecule has 0 aromatic heterocycles. The third-order valence-electron chi connectivity index (χ3n) is 2.41. The summed E-state index contributed by atoms with van der Waals surface area (Å²) in [7, 11) is -2.33. The van der Waals surface area contributed by atoms with Crippen LogP contribution in [0.25, 0.3) is 0 Å². The van der Waals surface area contributed by atoms with Crippen molar-refractivity contribution in [1.29, 1.82) is 0 Å². The van der Waals surface area contributed by atoms with Crippen LogP contribution in [0, 0.1) is 5.82 Å². The molecular formula is C12H20ClFN2O4S. The minimum absolute atomic E-state index is 0. The zero-order chi connectivity index (χ0) is 15.0. The van der Waals surface area contributed by atoms with Gasteiger partial charge in [-0.15, -0.1) is 12.4 Å². The minimum Gasteiger partial charge on any atom is -0.490 e. The van der Waals surface area contributed by atoms with Crippen LogP contribution in [0.2, 0.25) is 0 Å². The number of ether oxygens (including phenoxy) is 2. The second-order valence-electron chi connectivity index (χ2n) is 3.97. The summed E-state index contributed by atoms with van der Waals surface area (Å²) >= 11 is 0. The van der Waals surface area contributed by atoms with Gasteiger partial charge < -0.3 is 15.2 Å². The molecule has 0 atom stereocenters. The van der Waals surface area contributed by atoms with Crippen LogP contribution in [0.5, 0.6) is 5.75 Å². The molecule has 0 unspecified atom stereocenters. The van der Waals surface area contributed by atoms with Crippen LogP contribution in [0.4, 0.5) is 4.39 Å².